The summed E-state index contributed by atoms with van der Waals surface area (Å²) >= 11 is 0. The zero-order chi connectivity index (χ0) is 11.4. The van der Waals surface area contributed by atoms with E-state index in [1.165, 1.54) is 50.8 Å². The van der Waals surface area contributed by atoms with Crippen LogP contribution in [0.3, 0.4) is 0 Å². The van der Waals surface area contributed by atoms with Crippen LogP contribution in [0, 0.1) is 5.92 Å². The lowest BCUT2D eigenvalue weighted by Gasteiger charge is -2.39. The van der Waals surface area contributed by atoms with E-state index in [4.69, 9.17) is 0 Å². The second-order valence-electron chi connectivity index (χ2n) is 5.65. The molecular formula is C14H26N2. The van der Waals surface area contributed by atoms with E-state index in [1.807, 2.05) is 0 Å². The first kappa shape index (κ1) is 12.1. The number of hydrogen-bond donors (Lipinski definition) is 1. The number of nitrogens with zero attached hydrogens (tertiary/aromatic N) is 1. The predicted molar refractivity (Wildman–Crippen MR) is 69.6 cm³/mol. The van der Waals surface area contributed by atoms with E-state index in [0.29, 0.717) is 0 Å². The zero-order valence-electron chi connectivity index (χ0n) is 10.7. The van der Waals surface area contributed by atoms with Crippen LogP contribution in [-0.4, -0.2) is 37.1 Å². The van der Waals surface area contributed by atoms with Gasteiger partial charge in [0.2, 0.25) is 0 Å². The normalized spacial score (nSPS) is 29.2. The van der Waals surface area contributed by atoms with Gasteiger partial charge in [0.05, 0.1) is 0 Å². The molecule has 1 atom stereocenters. The highest BCUT2D eigenvalue weighted by atomic mass is 15.2. The van der Waals surface area contributed by atoms with Crippen molar-refractivity contribution < 1.29 is 0 Å². The van der Waals surface area contributed by atoms with Crippen molar-refractivity contribution in [2.75, 3.05) is 26.2 Å². The molecule has 92 valence electrons. The average molecular weight is 222 g/mol. The van der Waals surface area contributed by atoms with Gasteiger partial charge >= 0.3 is 0 Å². The van der Waals surface area contributed by atoms with Crippen LogP contribution in [0.25, 0.3) is 0 Å². The molecule has 2 aliphatic rings. The molecule has 0 spiro atoms. The van der Waals surface area contributed by atoms with Crippen LogP contribution >= 0.6 is 0 Å². The average Bonchev–Trinajstić information content (AvgIpc) is 2.30. The molecule has 1 aliphatic carbocycles. The molecule has 0 aromatic rings. The number of hydrogen-bond acceptors (Lipinski definition) is 2. The van der Waals surface area contributed by atoms with Gasteiger partial charge in [-0.05, 0) is 25.7 Å². The minimum absolute atomic E-state index is 0.744. The lowest BCUT2D eigenvalue weighted by Crippen LogP contribution is -2.54. The van der Waals surface area contributed by atoms with Crippen molar-refractivity contribution in [1.82, 2.24) is 10.2 Å². The Kier molecular flexibility index (Phi) is 4.42. The van der Waals surface area contributed by atoms with Crippen molar-refractivity contribution in [3.8, 4) is 0 Å². The molecule has 1 saturated carbocycles. The van der Waals surface area contributed by atoms with Gasteiger partial charge in [0.15, 0.2) is 0 Å². The van der Waals surface area contributed by atoms with Gasteiger partial charge in [-0.15, -0.1) is 0 Å². The summed E-state index contributed by atoms with van der Waals surface area (Å²) in [6.45, 7) is 10.8. The fraction of sp³-hybridized carbons (Fsp3) is 0.857. The van der Waals surface area contributed by atoms with E-state index >= 15 is 0 Å². The van der Waals surface area contributed by atoms with Crippen molar-refractivity contribution in [2.24, 2.45) is 5.92 Å². The molecule has 2 nitrogen and oxygen atoms in total. The molecule has 0 bridgehead atoms. The molecule has 0 radical (unpaired) electrons. The van der Waals surface area contributed by atoms with Gasteiger partial charge in [-0.2, -0.15) is 0 Å². The quantitative estimate of drug-likeness (QED) is 0.738. The molecule has 1 unspecified atom stereocenters. The van der Waals surface area contributed by atoms with E-state index in [0.717, 1.165) is 25.0 Å². The zero-order valence-corrected chi connectivity index (χ0v) is 10.7. The lowest BCUT2D eigenvalue weighted by molar-refractivity contribution is 0.155. The molecule has 0 aromatic heterocycles. The van der Waals surface area contributed by atoms with Crippen molar-refractivity contribution >= 4 is 0 Å². The Morgan fingerprint density at radius 3 is 2.75 bits per heavy atom. The Morgan fingerprint density at radius 2 is 2.06 bits per heavy atom. The van der Waals surface area contributed by atoms with Gasteiger partial charge in [-0.1, -0.05) is 31.4 Å². The molecule has 0 amide bonds. The molecule has 0 aromatic carbocycles. The molecular weight excluding hydrogens is 196 g/mol. The summed E-state index contributed by atoms with van der Waals surface area (Å²) in [6, 6.07) is 0.744. The molecule has 1 aliphatic heterocycles. The summed E-state index contributed by atoms with van der Waals surface area (Å²) in [6.07, 6.45) is 7.24. The van der Waals surface area contributed by atoms with Crippen LogP contribution in [0.4, 0.5) is 0 Å². The Bertz CT molecular complexity index is 231. The van der Waals surface area contributed by atoms with Gasteiger partial charge in [0.1, 0.15) is 0 Å². The Hall–Kier alpha value is -0.340. The minimum atomic E-state index is 0.744. The fourth-order valence-electron chi connectivity index (χ4n) is 3.22. The highest BCUT2D eigenvalue weighted by Crippen LogP contribution is 2.27. The minimum Gasteiger partial charge on any atom is -0.311 e. The second-order valence-corrected chi connectivity index (χ2v) is 5.65. The number of nitrogens with one attached hydrogen (secondary N) is 1. The maximum absolute atomic E-state index is 4.02. The standard InChI is InChI=1S/C14H26N2/c1-12(2)10-16-9-8-15-14(11-16)13-6-4-3-5-7-13/h13-15H,1,3-11H2,2H3. The largest absolute Gasteiger partial charge is 0.311 e. The van der Waals surface area contributed by atoms with Crippen LogP contribution in [0.5, 0.6) is 0 Å². The third kappa shape index (κ3) is 3.33. The SMILES string of the molecule is C=C(C)CN1CCNC(C2CCCCC2)C1. The molecule has 2 rings (SSSR count). The first-order valence-electron chi connectivity index (χ1n) is 6.86. The molecule has 1 heterocycles. The third-order valence-corrected chi connectivity index (χ3v) is 4.00. The summed E-state index contributed by atoms with van der Waals surface area (Å²) in [5.41, 5.74) is 1.30. The fourth-order valence-corrected chi connectivity index (χ4v) is 3.22. The maximum atomic E-state index is 4.02. The van der Waals surface area contributed by atoms with Gasteiger partial charge in [-0.25, -0.2) is 0 Å². The predicted octanol–water partition coefficient (Wildman–Crippen LogP) is 2.42. The topological polar surface area (TPSA) is 15.3 Å². The Labute approximate surface area is 100 Å². The van der Waals surface area contributed by atoms with Crippen molar-refractivity contribution in [1.29, 1.82) is 0 Å². The highest BCUT2D eigenvalue weighted by molar-refractivity contribution is 4.95. The molecule has 1 N–H and O–H groups in total. The summed E-state index contributed by atoms with van der Waals surface area (Å²) in [4.78, 5) is 2.57. The molecule has 2 heteroatoms. The van der Waals surface area contributed by atoms with Gasteiger partial charge in [0.25, 0.3) is 0 Å². The first-order chi connectivity index (χ1) is 7.75. The van der Waals surface area contributed by atoms with Crippen molar-refractivity contribution in [3.05, 3.63) is 12.2 Å². The first-order valence-corrected chi connectivity index (χ1v) is 6.86. The van der Waals surface area contributed by atoms with Crippen LogP contribution in [-0.2, 0) is 0 Å². The van der Waals surface area contributed by atoms with Crippen LogP contribution < -0.4 is 5.32 Å². The number of piperazine rings is 1. The van der Waals surface area contributed by atoms with E-state index < -0.39 is 0 Å². The summed E-state index contributed by atoms with van der Waals surface area (Å²) in [7, 11) is 0. The van der Waals surface area contributed by atoms with E-state index in [2.05, 4.69) is 23.7 Å². The van der Waals surface area contributed by atoms with Crippen LogP contribution in [0.2, 0.25) is 0 Å². The summed E-state index contributed by atoms with van der Waals surface area (Å²) in [5.74, 6) is 0.932. The lowest BCUT2D eigenvalue weighted by atomic mass is 9.83. The van der Waals surface area contributed by atoms with Crippen molar-refractivity contribution in [2.45, 2.75) is 45.1 Å². The number of rotatable bonds is 3. The Balaban J connectivity index is 1.83. The maximum Gasteiger partial charge on any atom is 0.0223 e. The van der Waals surface area contributed by atoms with Crippen molar-refractivity contribution in [3.63, 3.8) is 0 Å². The van der Waals surface area contributed by atoms with Gasteiger partial charge < -0.3 is 5.32 Å². The van der Waals surface area contributed by atoms with E-state index in [1.54, 1.807) is 0 Å². The Morgan fingerprint density at radius 1 is 1.31 bits per heavy atom. The third-order valence-electron chi connectivity index (χ3n) is 4.00. The van der Waals surface area contributed by atoms with E-state index in [9.17, 15) is 0 Å². The van der Waals surface area contributed by atoms with Gasteiger partial charge in [-0.3, -0.25) is 4.90 Å². The summed E-state index contributed by atoms with van der Waals surface area (Å²) < 4.78 is 0. The van der Waals surface area contributed by atoms with Gasteiger partial charge in [0, 0.05) is 32.2 Å². The second kappa shape index (κ2) is 5.83. The molecule has 2 fully saturated rings. The van der Waals surface area contributed by atoms with E-state index in [-0.39, 0.29) is 0 Å². The monoisotopic (exact) mass is 222 g/mol. The molecule has 1 saturated heterocycles. The van der Waals surface area contributed by atoms with Crippen LogP contribution in [0.1, 0.15) is 39.0 Å². The highest BCUT2D eigenvalue weighted by Gasteiger charge is 2.27. The smallest absolute Gasteiger partial charge is 0.0223 e. The summed E-state index contributed by atoms with van der Waals surface area (Å²) in [5, 5.41) is 3.72. The molecule has 16 heavy (non-hydrogen) atoms. The van der Waals surface area contributed by atoms with Crippen LogP contribution in [0.15, 0.2) is 12.2 Å².